The maximum Gasteiger partial charge on any atom is 0.244 e. The Bertz CT molecular complexity index is 580. The summed E-state index contributed by atoms with van der Waals surface area (Å²) in [4.78, 5) is 4.36. The van der Waals surface area contributed by atoms with Gasteiger partial charge in [0.05, 0.1) is 6.20 Å². The molecule has 104 valence electrons. The first-order chi connectivity index (χ1) is 9.70. The van der Waals surface area contributed by atoms with E-state index in [2.05, 4.69) is 52.3 Å². The molecule has 2 rings (SSSR count). The van der Waals surface area contributed by atoms with E-state index >= 15 is 0 Å². The van der Waals surface area contributed by atoms with Crippen LogP contribution in [0.4, 0.5) is 17.5 Å². The first-order valence-electron chi connectivity index (χ1n) is 6.61. The molecule has 2 N–H and O–H groups in total. The third kappa shape index (κ3) is 3.54. The second-order valence-corrected chi connectivity index (χ2v) is 4.70. The van der Waals surface area contributed by atoms with E-state index in [-0.39, 0.29) is 0 Å². The third-order valence-electron chi connectivity index (χ3n) is 2.81. The van der Waals surface area contributed by atoms with E-state index < -0.39 is 0 Å². The molecule has 1 aromatic heterocycles. The Labute approximate surface area is 119 Å². The van der Waals surface area contributed by atoms with E-state index in [0.29, 0.717) is 24.2 Å². The second-order valence-electron chi connectivity index (χ2n) is 4.70. The lowest BCUT2D eigenvalue weighted by atomic mass is 10.0. The number of nitrogens with one attached hydrogen (secondary N) is 2. The molecule has 0 amide bonds. The minimum absolute atomic E-state index is 0.437. The lowest BCUT2D eigenvalue weighted by molar-refractivity contribution is 0.868. The van der Waals surface area contributed by atoms with Crippen molar-refractivity contribution in [1.82, 2.24) is 15.2 Å². The maximum atomic E-state index is 4.36. The summed E-state index contributed by atoms with van der Waals surface area (Å²) in [6.07, 6.45) is 3.35. The average molecular weight is 269 g/mol. The van der Waals surface area contributed by atoms with Gasteiger partial charge < -0.3 is 10.6 Å². The van der Waals surface area contributed by atoms with Crippen molar-refractivity contribution in [2.45, 2.75) is 19.8 Å². The summed E-state index contributed by atoms with van der Waals surface area (Å²) in [6.45, 7) is 8.57. The van der Waals surface area contributed by atoms with Gasteiger partial charge in [-0.25, -0.2) is 0 Å². The Kier molecular flexibility index (Phi) is 4.65. The van der Waals surface area contributed by atoms with Crippen molar-refractivity contribution in [1.29, 1.82) is 0 Å². The molecule has 0 fully saturated rings. The van der Waals surface area contributed by atoms with Gasteiger partial charge in [-0.15, -0.1) is 11.7 Å². The molecule has 0 bridgehead atoms. The fraction of sp³-hybridized carbons (Fsp3) is 0.267. The normalized spacial score (nSPS) is 10.3. The number of hydrogen-bond acceptors (Lipinski definition) is 5. The van der Waals surface area contributed by atoms with E-state index in [0.717, 1.165) is 5.69 Å². The molecule has 0 spiro atoms. The Morgan fingerprint density at radius 1 is 1.30 bits per heavy atom. The molecule has 1 heterocycles. The fourth-order valence-electron chi connectivity index (χ4n) is 1.85. The predicted octanol–water partition coefficient (Wildman–Crippen LogP) is 3.34. The second kappa shape index (κ2) is 6.65. The SMILES string of the molecule is C=CCNc1nncc(Nc2ccccc2C(C)C)n1. The van der Waals surface area contributed by atoms with Crippen molar-refractivity contribution >= 4 is 17.5 Å². The molecule has 20 heavy (non-hydrogen) atoms. The molecule has 0 atom stereocenters. The van der Waals surface area contributed by atoms with Crippen LogP contribution in [0.1, 0.15) is 25.3 Å². The topological polar surface area (TPSA) is 62.7 Å². The van der Waals surface area contributed by atoms with Gasteiger partial charge in [0.2, 0.25) is 5.95 Å². The third-order valence-corrected chi connectivity index (χ3v) is 2.81. The molecule has 0 saturated carbocycles. The van der Waals surface area contributed by atoms with Crippen LogP contribution < -0.4 is 10.6 Å². The van der Waals surface area contributed by atoms with Crippen molar-refractivity contribution in [3.63, 3.8) is 0 Å². The van der Waals surface area contributed by atoms with E-state index in [1.165, 1.54) is 5.56 Å². The standard InChI is InChI=1S/C15H19N5/c1-4-9-16-15-19-14(10-17-20-15)18-13-8-6-5-7-12(13)11(2)3/h4-8,10-11H,1,9H2,2-3H3,(H2,16,18,19,20). The quantitative estimate of drug-likeness (QED) is 0.787. The van der Waals surface area contributed by atoms with Gasteiger partial charge in [-0.05, 0) is 17.5 Å². The monoisotopic (exact) mass is 269 g/mol. The highest BCUT2D eigenvalue weighted by molar-refractivity contribution is 5.61. The van der Waals surface area contributed by atoms with Crippen molar-refractivity contribution < 1.29 is 0 Å². The predicted molar refractivity (Wildman–Crippen MR) is 82.3 cm³/mol. The molecule has 0 radical (unpaired) electrons. The molecular weight excluding hydrogens is 250 g/mol. The molecule has 0 aliphatic rings. The zero-order chi connectivity index (χ0) is 14.4. The minimum atomic E-state index is 0.437. The van der Waals surface area contributed by atoms with Crippen molar-refractivity contribution in [2.24, 2.45) is 0 Å². The first kappa shape index (κ1) is 14.0. The van der Waals surface area contributed by atoms with Gasteiger partial charge >= 0.3 is 0 Å². The zero-order valence-corrected chi connectivity index (χ0v) is 11.8. The molecule has 0 saturated heterocycles. The average Bonchev–Trinajstić information content (AvgIpc) is 2.46. The summed E-state index contributed by atoms with van der Waals surface area (Å²) < 4.78 is 0. The molecule has 5 heteroatoms. The zero-order valence-electron chi connectivity index (χ0n) is 11.8. The van der Waals surface area contributed by atoms with Crippen molar-refractivity contribution in [3.8, 4) is 0 Å². The Morgan fingerprint density at radius 3 is 2.85 bits per heavy atom. The van der Waals surface area contributed by atoms with E-state index in [4.69, 9.17) is 0 Å². The van der Waals surface area contributed by atoms with Crippen LogP contribution in [0.15, 0.2) is 43.1 Å². The van der Waals surface area contributed by atoms with Crippen LogP contribution in [-0.4, -0.2) is 21.7 Å². The van der Waals surface area contributed by atoms with E-state index in [1.807, 2.05) is 18.2 Å². The van der Waals surface area contributed by atoms with Gasteiger partial charge in [0.25, 0.3) is 0 Å². The van der Waals surface area contributed by atoms with Crippen LogP contribution in [0, 0.1) is 0 Å². The molecule has 2 aromatic rings. The van der Waals surface area contributed by atoms with E-state index in [9.17, 15) is 0 Å². The molecule has 0 unspecified atom stereocenters. The molecular formula is C15H19N5. The van der Waals surface area contributed by atoms with Crippen molar-refractivity contribution in [2.75, 3.05) is 17.2 Å². The fourth-order valence-corrected chi connectivity index (χ4v) is 1.85. The van der Waals surface area contributed by atoms with Crippen LogP contribution in [0.3, 0.4) is 0 Å². The van der Waals surface area contributed by atoms with Gasteiger partial charge in [0, 0.05) is 12.2 Å². The van der Waals surface area contributed by atoms with Crippen LogP contribution in [0.25, 0.3) is 0 Å². The molecule has 0 aliphatic heterocycles. The Morgan fingerprint density at radius 2 is 2.10 bits per heavy atom. The van der Waals surface area contributed by atoms with E-state index in [1.54, 1.807) is 12.3 Å². The summed E-state index contributed by atoms with van der Waals surface area (Å²) in [5, 5.41) is 14.2. The molecule has 1 aromatic carbocycles. The number of aromatic nitrogens is 3. The van der Waals surface area contributed by atoms with Crippen LogP contribution in [0.5, 0.6) is 0 Å². The summed E-state index contributed by atoms with van der Waals surface area (Å²) in [6, 6.07) is 8.18. The highest BCUT2D eigenvalue weighted by Crippen LogP contribution is 2.25. The van der Waals surface area contributed by atoms with Crippen LogP contribution >= 0.6 is 0 Å². The molecule has 5 nitrogen and oxygen atoms in total. The summed E-state index contributed by atoms with van der Waals surface area (Å²) in [7, 11) is 0. The number of hydrogen-bond donors (Lipinski definition) is 2. The van der Waals surface area contributed by atoms with Gasteiger partial charge in [-0.2, -0.15) is 10.1 Å². The largest absolute Gasteiger partial charge is 0.349 e. The lowest BCUT2D eigenvalue weighted by Crippen LogP contribution is -2.06. The summed E-state index contributed by atoms with van der Waals surface area (Å²) in [5.74, 6) is 1.59. The first-order valence-corrected chi connectivity index (χ1v) is 6.61. The number of nitrogens with zero attached hydrogens (tertiary/aromatic N) is 3. The number of benzene rings is 1. The summed E-state index contributed by atoms with van der Waals surface area (Å²) >= 11 is 0. The lowest BCUT2D eigenvalue weighted by Gasteiger charge is -2.14. The summed E-state index contributed by atoms with van der Waals surface area (Å²) in [5.41, 5.74) is 2.28. The number of para-hydroxylation sites is 1. The number of rotatable bonds is 6. The van der Waals surface area contributed by atoms with Gasteiger partial charge in [-0.3, -0.25) is 0 Å². The molecule has 0 aliphatic carbocycles. The highest BCUT2D eigenvalue weighted by atomic mass is 15.3. The number of anilines is 3. The highest BCUT2D eigenvalue weighted by Gasteiger charge is 2.07. The minimum Gasteiger partial charge on any atom is -0.349 e. The van der Waals surface area contributed by atoms with Crippen molar-refractivity contribution in [3.05, 3.63) is 48.7 Å². The Balaban J connectivity index is 2.19. The smallest absolute Gasteiger partial charge is 0.244 e. The van der Waals surface area contributed by atoms with Crippen LogP contribution in [-0.2, 0) is 0 Å². The van der Waals surface area contributed by atoms with Gasteiger partial charge in [-0.1, -0.05) is 38.1 Å². The maximum absolute atomic E-state index is 4.36. The van der Waals surface area contributed by atoms with Crippen LogP contribution in [0.2, 0.25) is 0 Å². The van der Waals surface area contributed by atoms with Gasteiger partial charge in [0.15, 0.2) is 5.82 Å². The Hall–Kier alpha value is -2.43. The van der Waals surface area contributed by atoms with Gasteiger partial charge in [0.1, 0.15) is 0 Å².